The highest BCUT2D eigenvalue weighted by molar-refractivity contribution is 5.90. The van der Waals surface area contributed by atoms with Crippen molar-refractivity contribution < 1.29 is 0 Å². The zero-order valence-corrected chi connectivity index (χ0v) is 13.7. The zero-order valence-electron chi connectivity index (χ0n) is 13.7. The van der Waals surface area contributed by atoms with Gasteiger partial charge in [-0.25, -0.2) is 0 Å². The zero-order chi connectivity index (χ0) is 16.4. The number of piperidine rings is 1. The van der Waals surface area contributed by atoms with E-state index >= 15 is 0 Å². The topological polar surface area (TPSA) is 27.0 Å². The van der Waals surface area contributed by atoms with Gasteiger partial charge in [0.1, 0.15) is 0 Å². The van der Waals surface area contributed by atoms with E-state index in [0.29, 0.717) is 0 Å². The van der Waals surface area contributed by atoms with Gasteiger partial charge in [-0.2, -0.15) is 5.26 Å². The van der Waals surface area contributed by atoms with Crippen LogP contribution in [0.25, 0.3) is 21.9 Å². The number of hydrogen-bond donors (Lipinski definition) is 0. The third kappa shape index (κ3) is 2.74. The van der Waals surface area contributed by atoms with Gasteiger partial charge in [0, 0.05) is 18.8 Å². The molecule has 1 heterocycles. The van der Waals surface area contributed by atoms with Gasteiger partial charge in [-0.1, -0.05) is 36.4 Å². The highest BCUT2D eigenvalue weighted by Gasteiger charge is 2.11. The Kier molecular flexibility index (Phi) is 3.92. The van der Waals surface area contributed by atoms with Crippen molar-refractivity contribution in [2.45, 2.75) is 19.3 Å². The van der Waals surface area contributed by atoms with Crippen LogP contribution in [-0.2, 0) is 0 Å². The molecule has 24 heavy (non-hydrogen) atoms. The molecule has 0 radical (unpaired) electrons. The number of hydrogen-bond acceptors (Lipinski definition) is 2. The molecule has 0 saturated carbocycles. The molecule has 0 unspecified atom stereocenters. The molecular formula is C22H20N2. The Balaban J connectivity index is 1.73. The van der Waals surface area contributed by atoms with E-state index in [4.69, 9.17) is 0 Å². The summed E-state index contributed by atoms with van der Waals surface area (Å²) < 4.78 is 0. The number of nitrogens with zero attached hydrogens (tertiary/aromatic N) is 2. The maximum atomic E-state index is 9.32. The molecule has 2 nitrogen and oxygen atoms in total. The standard InChI is InChI=1S/C22H20N2/c23-16-20-6-2-3-7-22(20)19-9-8-18-15-21(11-10-17(18)14-19)24-12-4-1-5-13-24/h2-3,6-11,14-15H,1,4-5,12-13H2. The molecule has 0 bridgehead atoms. The molecule has 118 valence electrons. The van der Waals surface area contributed by atoms with Gasteiger partial charge in [0.05, 0.1) is 11.6 Å². The van der Waals surface area contributed by atoms with E-state index in [2.05, 4.69) is 47.4 Å². The van der Waals surface area contributed by atoms with Crippen molar-refractivity contribution in [1.29, 1.82) is 5.26 Å². The molecular weight excluding hydrogens is 292 g/mol. The molecule has 3 aromatic carbocycles. The molecule has 1 aliphatic heterocycles. The average Bonchev–Trinajstić information content (AvgIpc) is 2.68. The normalized spacial score (nSPS) is 14.5. The number of benzene rings is 3. The number of anilines is 1. The number of nitriles is 1. The van der Waals surface area contributed by atoms with E-state index in [1.807, 2.05) is 24.3 Å². The summed E-state index contributed by atoms with van der Waals surface area (Å²) in [6.45, 7) is 2.33. The molecule has 4 rings (SSSR count). The molecule has 0 spiro atoms. The molecule has 3 aromatic rings. The Morgan fingerprint density at radius 2 is 1.54 bits per heavy atom. The van der Waals surface area contributed by atoms with E-state index < -0.39 is 0 Å². The van der Waals surface area contributed by atoms with E-state index in [1.165, 1.54) is 48.8 Å². The minimum absolute atomic E-state index is 0.724. The average molecular weight is 312 g/mol. The predicted octanol–water partition coefficient (Wildman–Crippen LogP) is 5.37. The first-order chi connectivity index (χ1) is 11.8. The summed E-state index contributed by atoms with van der Waals surface area (Å²) in [4.78, 5) is 2.49. The van der Waals surface area contributed by atoms with Crippen LogP contribution >= 0.6 is 0 Å². The fraction of sp³-hybridized carbons (Fsp3) is 0.227. The second kappa shape index (κ2) is 6.37. The van der Waals surface area contributed by atoms with Gasteiger partial charge in [-0.15, -0.1) is 0 Å². The van der Waals surface area contributed by atoms with Gasteiger partial charge in [0.2, 0.25) is 0 Å². The Labute approximate surface area is 143 Å². The molecule has 2 heteroatoms. The van der Waals surface area contributed by atoms with Crippen molar-refractivity contribution in [3.63, 3.8) is 0 Å². The van der Waals surface area contributed by atoms with Crippen molar-refractivity contribution in [1.82, 2.24) is 0 Å². The van der Waals surface area contributed by atoms with Gasteiger partial charge in [-0.3, -0.25) is 0 Å². The third-order valence-corrected chi connectivity index (χ3v) is 4.90. The maximum Gasteiger partial charge on any atom is 0.0998 e. The smallest absolute Gasteiger partial charge is 0.0998 e. The lowest BCUT2D eigenvalue weighted by molar-refractivity contribution is 0.578. The summed E-state index contributed by atoms with van der Waals surface area (Å²) in [7, 11) is 0. The van der Waals surface area contributed by atoms with Crippen LogP contribution in [0.1, 0.15) is 24.8 Å². The summed E-state index contributed by atoms with van der Waals surface area (Å²) in [5.74, 6) is 0. The quantitative estimate of drug-likeness (QED) is 0.636. The summed E-state index contributed by atoms with van der Waals surface area (Å²) in [6.07, 6.45) is 3.94. The van der Waals surface area contributed by atoms with Gasteiger partial charge in [0.25, 0.3) is 0 Å². The van der Waals surface area contributed by atoms with Gasteiger partial charge in [0.15, 0.2) is 0 Å². The SMILES string of the molecule is N#Cc1ccccc1-c1ccc2cc(N3CCCCC3)ccc2c1. The van der Waals surface area contributed by atoms with Crippen LogP contribution in [0.2, 0.25) is 0 Å². The Hall–Kier alpha value is -2.79. The first kappa shape index (κ1) is 14.8. The van der Waals surface area contributed by atoms with Crippen molar-refractivity contribution >= 4 is 16.5 Å². The lowest BCUT2D eigenvalue weighted by Gasteiger charge is -2.29. The highest BCUT2D eigenvalue weighted by atomic mass is 15.1. The summed E-state index contributed by atoms with van der Waals surface area (Å²) >= 11 is 0. The van der Waals surface area contributed by atoms with Gasteiger partial charge in [-0.05, 0) is 65.4 Å². The van der Waals surface area contributed by atoms with Crippen molar-refractivity contribution in [2.24, 2.45) is 0 Å². The molecule has 0 N–H and O–H groups in total. The second-order valence-corrected chi connectivity index (χ2v) is 6.45. The summed E-state index contributed by atoms with van der Waals surface area (Å²) in [5, 5.41) is 11.8. The van der Waals surface area contributed by atoms with Crippen LogP contribution in [0.3, 0.4) is 0 Å². The number of rotatable bonds is 2. The van der Waals surface area contributed by atoms with Crippen LogP contribution in [-0.4, -0.2) is 13.1 Å². The predicted molar refractivity (Wildman–Crippen MR) is 100 cm³/mol. The first-order valence-corrected chi connectivity index (χ1v) is 8.63. The fourth-order valence-electron chi connectivity index (χ4n) is 3.58. The highest BCUT2D eigenvalue weighted by Crippen LogP contribution is 2.30. The van der Waals surface area contributed by atoms with E-state index in [0.717, 1.165) is 16.7 Å². The number of fused-ring (bicyclic) bond motifs is 1. The minimum Gasteiger partial charge on any atom is -0.372 e. The summed E-state index contributed by atoms with van der Waals surface area (Å²) in [5.41, 5.74) is 4.15. The third-order valence-electron chi connectivity index (χ3n) is 4.90. The van der Waals surface area contributed by atoms with Crippen LogP contribution in [0, 0.1) is 11.3 Å². The van der Waals surface area contributed by atoms with Crippen molar-refractivity contribution in [2.75, 3.05) is 18.0 Å². The minimum atomic E-state index is 0.724. The fourth-order valence-corrected chi connectivity index (χ4v) is 3.58. The van der Waals surface area contributed by atoms with Crippen molar-refractivity contribution in [3.05, 3.63) is 66.2 Å². The Bertz CT molecular complexity index is 915. The van der Waals surface area contributed by atoms with E-state index in [1.54, 1.807) is 0 Å². The Morgan fingerprint density at radius 3 is 2.38 bits per heavy atom. The van der Waals surface area contributed by atoms with Gasteiger partial charge >= 0.3 is 0 Å². The maximum absolute atomic E-state index is 9.32. The second-order valence-electron chi connectivity index (χ2n) is 6.45. The summed E-state index contributed by atoms with van der Waals surface area (Å²) in [6, 6.07) is 23.3. The molecule has 1 saturated heterocycles. The van der Waals surface area contributed by atoms with Crippen LogP contribution < -0.4 is 4.90 Å². The molecule has 1 fully saturated rings. The van der Waals surface area contributed by atoms with E-state index in [-0.39, 0.29) is 0 Å². The molecule has 0 aromatic heterocycles. The molecule has 0 atom stereocenters. The molecule has 0 aliphatic carbocycles. The van der Waals surface area contributed by atoms with Gasteiger partial charge < -0.3 is 4.90 Å². The lowest BCUT2D eigenvalue weighted by atomic mass is 9.97. The lowest BCUT2D eigenvalue weighted by Crippen LogP contribution is -2.29. The van der Waals surface area contributed by atoms with E-state index in [9.17, 15) is 5.26 Å². The van der Waals surface area contributed by atoms with Crippen LogP contribution in [0.4, 0.5) is 5.69 Å². The first-order valence-electron chi connectivity index (χ1n) is 8.63. The largest absolute Gasteiger partial charge is 0.372 e. The Morgan fingerprint density at radius 1 is 0.792 bits per heavy atom. The molecule has 0 amide bonds. The van der Waals surface area contributed by atoms with Crippen LogP contribution in [0.15, 0.2) is 60.7 Å². The van der Waals surface area contributed by atoms with Crippen molar-refractivity contribution in [3.8, 4) is 17.2 Å². The monoisotopic (exact) mass is 312 g/mol. The van der Waals surface area contributed by atoms with Crippen LogP contribution in [0.5, 0.6) is 0 Å². The molecule has 1 aliphatic rings.